The molecule has 1 fully saturated rings. The van der Waals surface area contributed by atoms with Crippen LogP contribution in [-0.2, 0) is 20.9 Å². The molecule has 0 radical (unpaired) electrons. The molecule has 2 aromatic rings. The van der Waals surface area contributed by atoms with Gasteiger partial charge >= 0.3 is 0 Å². The summed E-state index contributed by atoms with van der Waals surface area (Å²) >= 11 is 1.77. The molecule has 166 valence electrons. The number of nitrogens with zero attached hydrogens (tertiary/aromatic N) is 2. The minimum atomic E-state index is -0.400. The maximum atomic E-state index is 6.03. The fourth-order valence-corrected chi connectivity index (χ4v) is 5.46. The molecule has 0 spiro atoms. The molecule has 0 atom stereocenters. The maximum Gasteiger partial charge on any atom is 0.168 e. The molecule has 0 bridgehead atoms. The lowest BCUT2D eigenvalue weighted by Crippen LogP contribution is -2.32. The minimum Gasteiger partial charge on any atom is -0.358 e. The lowest BCUT2D eigenvalue weighted by molar-refractivity contribution is -0.223. The molecule has 1 aliphatic rings. The summed E-state index contributed by atoms with van der Waals surface area (Å²) in [5, 5.41) is 1.16. The summed E-state index contributed by atoms with van der Waals surface area (Å²) in [6.45, 7) is 12.3. The molecule has 6 heteroatoms. The molecule has 0 unspecified atom stereocenters. The largest absolute Gasteiger partial charge is 0.358 e. The van der Waals surface area contributed by atoms with Gasteiger partial charge in [0.15, 0.2) is 5.79 Å². The van der Waals surface area contributed by atoms with E-state index in [1.165, 1.54) is 28.9 Å². The Balaban J connectivity index is 1.66. The highest BCUT2D eigenvalue weighted by atomic mass is 32.2. The molecule has 0 amide bonds. The first kappa shape index (κ1) is 23.3. The Morgan fingerprint density at radius 1 is 1.07 bits per heavy atom. The first-order valence-electron chi connectivity index (χ1n) is 10.9. The highest BCUT2D eigenvalue weighted by molar-refractivity contribution is 7.99. The van der Waals surface area contributed by atoms with E-state index in [1.54, 1.807) is 18.9 Å². The van der Waals surface area contributed by atoms with E-state index in [-0.39, 0.29) is 0 Å². The summed E-state index contributed by atoms with van der Waals surface area (Å²) < 4.78 is 19.8. The van der Waals surface area contributed by atoms with Crippen LogP contribution in [-0.4, -0.2) is 35.7 Å². The Morgan fingerprint density at radius 2 is 1.73 bits per heavy atom. The Bertz CT molecular complexity index is 821. The Morgan fingerprint density at radius 3 is 2.33 bits per heavy atom. The predicted octanol–water partition coefficient (Wildman–Crippen LogP) is 5.99. The number of rotatable bonds is 10. The summed E-state index contributed by atoms with van der Waals surface area (Å²) in [6.07, 6.45) is 4.27. The van der Waals surface area contributed by atoms with E-state index in [4.69, 9.17) is 19.2 Å². The number of hydrogen-bond donors (Lipinski definition) is 0. The third kappa shape index (κ3) is 5.67. The predicted molar refractivity (Wildman–Crippen MR) is 121 cm³/mol. The number of methoxy groups -OCH3 is 1. The van der Waals surface area contributed by atoms with Crippen molar-refractivity contribution in [3.8, 4) is 0 Å². The number of imidazole rings is 1. The van der Waals surface area contributed by atoms with Crippen molar-refractivity contribution in [2.24, 2.45) is 0 Å². The summed E-state index contributed by atoms with van der Waals surface area (Å²) in [7, 11) is 1.74. The van der Waals surface area contributed by atoms with Crippen LogP contribution in [0.3, 0.4) is 0 Å². The van der Waals surface area contributed by atoms with Gasteiger partial charge < -0.3 is 14.2 Å². The van der Waals surface area contributed by atoms with Gasteiger partial charge in [-0.1, -0.05) is 31.7 Å². The maximum absolute atomic E-state index is 6.03. The van der Waals surface area contributed by atoms with E-state index in [1.807, 2.05) is 0 Å². The Labute approximate surface area is 185 Å². The quantitative estimate of drug-likeness (QED) is 0.341. The van der Waals surface area contributed by atoms with Gasteiger partial charge in [0.05, 0.1) is 18.9 Å². The molecule has 1 aromatic carbocycles. The van der Waals surface area contributed by atoms with Crippen LogP contribution in [0.5, 0.6) is 0 Å². The van der Waals surface area contributed by atoms with E-state index in [2.05, 4.69) is 57.4 Å². The number of benzene rings is 1. The highest BCUT2D eigenvalue weighted by Gasteiger charge is 2.34. The second-order valence-electron chi connectivity index (χ2n) is 8.57. The van der Waals surface area contributed by atoms with Crippen molar-refractivity contribution in [2.45, 2.75) is 88.7 Å². The lowest BCUT2D eigenvalue weighted by atomic mass is 10.1. The zero-order valence-corrected chi connectivity index (χ0v) is 20.1. The van der Waals surface area contributed by atoms with E-state index >= 15 is 0 Å². The van der Waals surface area contributed by atoms with Gasteiger partial charge in [0, 0.05) is 24.8 Å². The van der Waals surface area contributed by atoms with Crippen molar-refractivity contribution in [3.63, 3.8) is 0 Å². The van der Waals surface area contributed by atoms with E-state index in [9.17, 15) is 0 Å². The van der Waals surface area contributed by atoms with E-state index in [0.717, 1.165) is 29.4 Å². The smallest absolute Gasteiger partial charge is 0.168 e. The third-order valence-corrected chi connectivity index (χ3v) is 6.74. The van der Waals surface area contributed by atoms with Gasteiger partial charge in [-0.25, -0.2) is 4.98 Å². The first-order chi connectivity index (χ1) is 14.3. The lowest BCUT2D eigenvalue weighted by Gasteiger charge is -2.27. The molecule has 30 heavy (non-hydrogen) atoms. The molecular weight excluding hydrogens is 396 g/mol. The van der Waals surface area contributed by atoms with Gasteiger partial charge in [0.2, 0.25) is 0 Å². The van der Waals surface area contributed by atoms with E-state index in [0.29, 0.717) is 25.9 Å². The SMILES string of the molecule is COC1(OCCOCn2c(C)nc(C(C)C)c2Sc2cc(C)cc(C)c2)CCCC1. The Kier molecular flexibility index (Phi) is 8.02. The number of aryl methyl sites for hydroxylation is 3. The minimum absolute atomic E-state index is 0.352. The van der Waals surface area contributed by atoms with Crippen LogP contribution in [0.25, 0.3) is 0 Å². The van der Waals surface area contributed by atoms with Crippen molar-refractivity contribution in [2.75, 3.05) is 20.3 Å². The van der Waals surface area contributed by atoms with Gasteiger partial charge in [0.1, 0.15) is 17.6 Å². The van der Waals surface area contributed by atoms with Crippen LogP contribution in [0, 0.1) is 20.8 Å². The van der Waals surface area contributed by atoms with Crippen LogP contribution in [0.15, 0.2) is 28.1 Å². The summed E-state index contributed by atoms with van der Waals surface area (Å²) in [6, 6.07) is 6.67. The standard InChI is InChI=1S/C24H36N2O3S/c1-17(2)22-23(30-21-14-18(3)13-19(4)15-21)26(20(5)25-22)16-28-11-12-29-24(27-6)9-7-8-10-24/h13-15,17H,7-12,16H2,1-6H3. The fraction of sp³-hybridized carbons (Fsp3) is 0.625. The van der Waals surface area contributed by atoms with Gasteiger partial charge in [-0.15, -0.1) is 0 Å². The summed E-state index contributed by atoms with van der Waals surface area (Å²) in [4.78, 5) is 6.09. The zero-order chi connectivity index (χ0) is 21.7. The topological polar surface area (TPSA) is 45.5 Å². The number of ether oxygens (including phenoxy) is 3. The van der Waals surface area contributed by atoms with Crippen LogP contribution in [0.4, 0.5) is 0 Å². The van der Waals surface area contributed by atoms with Crippen molar-refractivity contribution in [3.05, 3.63) is 40.8 Å². The fourth-order valence-electron chi connectivity index (χ4n) is 4.07. The van der Waals surface area contributed by atoms with Gasteiger partial charge in [-0.05, 0) is 62.8 Å². The molecular formula is C24H36N2O3S. The second-order valence-corrected chi connectivity index (χ2v) is 9.63. The monoisotopic (exact) mass is 432 g/mol. The molecule has 0 N–H and O–H groups in total. The van der Waals surface area contributed by atoms with Crippen molar-refractivity contribution < 1.29 is 14.2 Å². The summed E-state index contributed by atoms with van der Waals surface area (Å²) in [5.41, 5.74) is 3.68. The zero-order valence-electron chi connectivity index (χ0n) is 19.3. The number of hydrogen-bond acceptors (Lipinski definition) is 5. The van der Waals surface area contributed by atoms with Crippen molar-refractivity contribution >= 4 is 11.8 Å². The molecule has 3 rings (SSSR count). The molecule has 1 aromatic heterocycles. The average molecular weight is 433 g/mol. The van der Waals surface area contributed by atoms with Crippen LogP contribution < -0.4 is 0 Å². The molecule has 0 aliphatic heterocycles. The third-order valence-electron chi connectivity index (χ3n) is 5.64. The van der Waals surface area contributed by atoms with Gasteiger partial charge in [-0.2, -0.15) is 0 Å². The van der Waals surface area contributed by atoms with Gasteiger partial charge in [0.25, 0.3) is 0 Å². The molecule has 1 saturated carbocycles. The van der Waals surface area contributed by atoms with Crippen molar-refractivity contribution in [1.29, 1.82) is 0 Å². The Hall–Kier alpha value is -1.34. The molecule has 5 nitrogen and oxygen atoms in total. The number of aromatic nitrogens is 2. The van der Waals surface area contributed by atoms with E-state index < -0.39 is 5.79 Å². The average Bonchev–Trinajstić information content (AvgIpc) is 3.27. The first-order valence-corrected chi connectivity index (χ1v) is 11.8. The molecule has 1 aliphatic carbocycles. The molecule has 1 heterocycles. The van der Waals surface area contributed by atoms with Crippen LogP contribution in [0.2, 0.25) is 0 Å². The van der Waals surface area contributed by atoms with Crippen molar-refractivity contribution in [1.82, 2.24) is 9.55 Å². The molecule has 0 saturated heterocycles. The second kappa shape index (κ2) is 10.3. The van der Waals surface area contributed by atoms with Crippen LogP contribution in [0.1, 0.15) is 68.1 Å². The van der Waals surface area contributed by atoms with Gasteiger partial charge in [-0.3, -0.25) is 4.57 Å². The van der Waals surface area contributed by atoms with Crippen LogP contribution >= 0.6 is 11.8 Å². The highest BCUT2D eigenvalue weighted by Crippen LogP contribution is 2.36. The normalized spacial score (nSPS) is 16.0. The summed E-state index contributed by atoms with van der Waals surface area (Å²) in [5.74, 6) is 0.935.